The second-order valence-electron chi connectivity index (χ2n) is 6.12. The molecular weight excluding hydrogens is 302 g/mol. The van der Waals surface area contributed by atoms with E-state index < -0.39 is 0 Å². The number of likely N-dealkylation sites (tertiary alicyclic amines) is 1. The van der Waals surface area contributed by atoms with Gasteiger partial charge in [0, 0.05) is 11.6 Å². The Morgan fingerprint density at radius 2 is 1.75 bits per heavy atom. The smallest absolute Gasteiger partial charge is 0.141 e. The van der Waals surface area contributed by atoms with E-state index in [1.165, 1.54) is 0 Å². The molecule has 0 radical (unpaired) electrons. The fourth-order valence-corrected chi connectivity index (χ4v) is 3.10. The van der Waals surface area contributed by atoms with Crippen LogP contribution in [0.4, 0.5) is 11.4 Å². The van der Waals surface area contributed by atoms with Crippen LogP contribution in [-0.4, -0.2) is 24.3 Å². The highest BCUT2D eigenvalue weighted by molar-refractivity contribution is 5.72. The fourth-order valence-electron chi connectivity index (χ4n) is 3.10. The summed E-state index contributed by atoms with van der Waals surface area (Å²) in [5.41, 5.74) is 14.7. The molecule has 1 heterocycles. The summed E-state index contributed by atoms with van der Waals surface area (Å²) in [5, 5.41) is 0. The number of aldehydes is 1. The molecule has 3 rings (SSSR count). The standard InChI is InChI=1S/C19H23N3O2/c20-16-10-15(18(12-23)22-8-4-5-9-22)19(11-17(16)21)24-13-14-6-2-1-3-7-14/h1-3,6-7,10-12,18H,4-5,8-9,13,20-21H2. The Hall–Kier alpha value is -2.53. The maximum Gasteiger partial charge on any atom is 0.141 e. The van der Waals surface area contributed by atoms with Crippen LogP contribution in [0.25, 0.3) is 0 Å². The van der Waals surface area contributed by atoms with Gasteiger partial charge in [-0.3, -0.25) is 4.90 Å². The number of carbonyl (C=O) groups is 1. The van der Waals surface area contributed by atoms with Crippen LogP contribution in [0.3, 0.4) is 0 Å². The molecule has 0 amide bonds. The molecule has 1 fully saturated rings. The van der Waals surface area contributed by atoms with E-state index in [2.05, 4.69) is 4.90 Å². The van der Waals surface area contributed by atoms with Crippen molar-refractivity contribution in [2.45, 2.75) is 25.5 Å². The minimum absolute atomic E-state index is 0.346. The number of carbonyl (C=O) groups excluding carboxylic acids is 1. The Labute approximate surface area is 142 Å². The lowest BCUT2D eigenvalue weighted by molar-refractivity contribution is -0.112. The average Bonchev–Trinajstić information content (AvgIpc) is 3.12. The summed E-state index contributed by atoms with van der Waals surface area (Å²) in [4.78, 5) is 13.9. The number of hydrogen-bond acceptors (Lipinski definition) is 5. The van der Waals surface area contributed by atoms with Crippen molar-refractivity contribution in [3.8, 4) is 5.75 Å². The minimum atomic E-state index is -0.346. The molecule has 1 saturated heterocycles. The van der Waals surface area contributed by atoms with Gasteiger partial charge in [0.25, 0.3) is 0 Å². The SMILES string of the molecule is Nc1cc(OCc2ccccc2)c(C(C=O)N2CCCC2)cc1N. The van der Waals surface area contributed by atoms with Gasteiger partial charge in [0.05, 0.1) is 17.4 Å². The summed E-state index contributed by atoms with van der Waals surface area (Å²) >= 11 is 0. The van der Waals surface area contributed by atoms with Gasteiger partial charge in [-0.2, -0.15) is 0 Å². The molecule has 5 nitrogen and oxygen atoms in total. The van der Waals surface area contributed by atoms with E-state index in [9.17, 15) is 4.79 Å². The third-order valence-electron chi connectivity index (χ3n) is 4.43. The molecule has 0 bridgehead atoms. The number of nitrogens with zero attached hydrogens (tertiary/aromatic N) is 1. The van der Waals surface area contributed by atoms with Crippen LogP contribution < -0.4 is 16.2 Å². The van der Waals surface area contributed by atoms with E-state index in [-0.39, 0.29) is 6.04 Å². The summed E-state index contributed by atoms with van der Waals surface area (Å²) in [7, 11) is 0. The maximum absolute atomic E-state index is 11.7. The van der Waals surface area contributed by atoms with E-state index in [0.29, 0.717) is 23.7 Å². The molecule has 0 spiro atoms. The number of benzene rings is 2. The maximum atomic E-state index is 11.7. The molecule has 4 N–H and O–H groups in total. The second-order valence-corrected chi connectivity index (χ2v) is 6.12. The van der Waals surface area contributed by atoms with Crippen molar-refractivity contribution < 1.29 is 9.53 Å². The number of hydrogen-bond donors (Lipinski definition) is 2. The van der Waals surface area contributed by atoms with Crippen LogP contribution in [0.15, 0.2) is 42.5 Å². The van der Waals surface area contributed by atoms with Crippen molar-refractivity contribution >= 4 is 17.7 Å². The van der Waals surface area contributed by atoms with Crippen LogP contribution in [0.2, 0.25) is 0 Å². The summed E-state index contributed by atoms with van der Waals surface area (Å²) in [6.45, 7) is 2.24. The van der Waals surface area contributed by atoms with Crippen molar-refractivity contribution in [1.29, 1.82) is 0 Å². The molecule has 0 aliphatic carbocycles. The van der Waals surface area contributed by atoms with Gasteiger partial charge in [0.15, 0.2) is 0 Å². The van der Waals surface area contributed by atoms with Gasteiger partial charge in [-0.1, -0.05) is 30.3 Å². The second kappa shape index (κ2) is 7.36. The van der Waals surface area contributed by atoms with Gasteiger partial charge >= 0.3 is 0 Å². The molecule has 5 heteroatoms. The Morgan fingerprint density at radius 3 is 2.42 bits per heavy atom. The fraction of sp³-hybridized carbons (Fsp3) is 0.316. The number of nitrogens with two attached hydrogens (primary N) is 2. The number of nitrogen functional groups attached to an aromatic ring is 2. The van der Waals surface area contributed by atoms with Gasteiger partial charge < -0.3 is 21.0 Å². The summed E-state index contributed by atoms with van der Waals surface area (Å²) in [6, 6.07) is 13.0. The molecular formula is C19H23N3O2. The van der Waals surface area contributed by atoms with Crippen LogP contribution in [0.5, 0.6) is 5.75 Å². The van der Waals surface area contributed by atoms with Crippen molar-refractivity contribution in [3.63, 3.8) is 0 Å². The molecule has 1 aliphatic heterocycles. The van der Waals surface area contributed by atoms with Gasteiger partial charge in [-0.05, 0) is 37.6 Å². The molecule has 2 aromatic carbocycles. The van der Waals surface area contributed by atoms with Gasteiger partial charge in [-0.15, -0.1) is 0 Å². The van der Waals surface area contributed by atoms with Crippen molar-refractivity contribution in [1.82, 2.24) is 4.90 Å². The molecule has 0 aromatic heterocycles. The Kier molecular flexibility index (Phi) is 5.01. The van der Waals surface area contributed by atoms with E-state index in [1.54, 1.807) is 12.1 Å². The first kappa shape index (κ1) is 16.3. The first-order valence-corrected chi connectivity index (χ1v) is 8.24. The summed E-state index contributed by atoms with van der Waals surface area (Å²) < 4.78 is 5.98. The molecule has 1 aliphatic rings. The molecule has 2 aromatic rings. The summed E-state index contributed by atoms with van der Waals surface area (Å²) in [5.74, 6) is 0.620. The first-order chi connectivity index (χ1) is 11.7. The quantitative estimate of drug-likeness (QED) is 0.630. The zero-order valence-corrected chi connectivity index (χ0v) is 13.7. The van der Waals surface area contributed by atoms with E-state index in [4.69, 9.17) is 16.2 Å². The summed E-state index contributed by atoms with van der Waals surface area (Å²) in [6.07, 6.45) is 3.18. The minimum Gasteiger partial charge on any atom is -0.488 e. The van der Waals surface area contributed by atoms with E-state index in [1.807, 2.05) is 30.3 Å². The first-order valence-electron chi connectivity index (χ1n) is 8.24. The number of ether oxygens (including phenoxy) is 1. The van der Waals surface area contributed by atoms with Crippen molar-refractivity contribution in [2.75, 3.05) is 24.6 Å². The topological polar surface area (TPSA) is 81.6 Å². The molecule has 126 valence electrons. The van der Waals surface area contributed by atoms with E-state index >= 15 is 0 Å². The number of rotatable bonds is 6. The molecule has 1 unspecified atom stereocenters. The van der Waals surface area contributed by atoms with Crippen LogP contribution in [-0.2, 0) is 11.4 Å². The normalized spacial score (nSPS) is 16.0. The molecule has 0 saturated carbocycles. The Balaban J connectivity index is 1.88. The van der Waals surface area contributed by atoms with Gasteiger partial charge in [0.1, 0.15) is 18.6 Å². The lowest BCUT2D eigenvalue weighted by Gasteiger charge is -2.25. The Morgan fingerprint density at radius 1 is 1.08 bits per heavy atom. The Bertz CT molecular complexity index is 697. The predicted molar refractivity (Wildman–Crippen MR) is 95.7 cm³/mol. The highest BCUT2D eigenvalue weighted by Gasteiger charge is 2.26. The average molecular weight is 325 g/mol. The zero-order valence-electron chi connectivity index (χ0n) is 13.7. The van der Waals surface area contributed by atoms with Crippen LogP contribution >= 0.6 is 0 Å². The third kappa shape index (κ3) is 3.51. The lowest BCUT2D eigenvalue weighted by atomic mass is 10.0. The van der Waals surface area contributed by atoms with Crippen LogP contribution in [0, 0.1) is 0 Å². The molecule has 1 atom stereocenters. The van der Waals surface area contributed by atoms with Crippen molar-refractivity contribution in [3.05, 3.63) is 53.6 Å². The van der Waals surface area contributed by atoms with Gasteiger partial charge in [-0.25, -0.2) is 0 Å². The van der Waals surface area contributed by atoms with E-state index in [0.717, 1.165) is 43.3 Å². The highest BCUT2D eigenvalue weighted by Crippen LogP contribution is 2.35. The van der Waals surface area contributed by atoms with Crippen molar-refractivity contribution in [2.24, 2.45) is 0 Å². The highest BCUT2D eigenvalue weighted by atomic mass is 16.5. The van der Waals surface area contributed by atoms with Crippen LogP contribution in [0.1, 0.15) is 30.0 Å². The lowest BCUT2D eigenvalue weighted by Crippen LogP contribution is -2.27. The third-order valence-corrected chi connectivity index (χ3v) is 4.43. The zero-order chi connectivity index (χ0) is 16.9. The number of anilines is 2. The monoisotopic (exact) mass is 325 g/mol. The largest absolute Gasteiger partial charge is 0.488 e. The predicted octanol–water partition coefficient (Wildman–Crippen LogP) is 2.77. The van der Waals surface area contributed by atoms with Gasteiger partial charge in [0.2, 0.25) is 0 Å². The molecule has 24 heavy (non-hydrogen) atoms.